The van der Waals surface area contributed by atoms with E-state index < -0.39 is 5.91 Å². The molecule has 0 saturated carbocycles. The highest BCUT2D eigenvalue weighted by Gasteiger charge is 2.27. The van der Waals surface area contributed by atoms with Gasteiger partial charge in [-0.3, -0.25) is 14.5 Å². The van der Waals surface area contributed by atoms with Crippen LogP contribution in [0.15, 0.2) is 18.2 Å². The molecule has 2 heterocycles. The number of nitrogens with two attached hydrogens (primary N) is 1. The summed E-state index contributed by atoms with van der Waals surface area (Å²) < 4.78 is 0. The van der Waals surface area contributed by atoms with Crippen LogP contribution in [-0.2, 0) is 25.8 Å². The molecule has 0 fully saturated rings. The number of hydrogen-bond acceptors (Lipinski definition) is 4. The third-order valence-corrected chi connectivity index (χ3v) is 6.80. The fraction of sp³-hybridized carbons (Fsp3) is 0.429. The van der Waals surface area contributed by atoms with Crippen LogP contribution in [0.3, 0.4) is 0 Å². The lowest BCUT2D eigenvalue weighted by atomic mass is 9.90. The van der Waals surface area contributed by atoms with Gasteiger partial charge in [-0.15, -0.1) is 11.3 Å². The average molecular weight is 419 g/mol. The number of carbonyl (C=O) groups is 2. The van der Waals surface area contributed by atoms with Crippen molar-refractivity contribution in [2.45, 2.75) is 45.6 Å². The maximum atomic E-state index is 12.8. The number of nitrogens with zero attached hydrogens (tertiary/aromatic N) is 1. The second-order valence-electron chi connectivity index (χ2n) is 7.34. The van der Waals surface area contributed by atoms with E-state index in [-0.39, 0.29) is 18.3 Å². The van der Waals surface area contributed by atoms with Gasteiger partial charge in [0, 0.05) is 23.5 Å². The van der Waals surface area contributed by atoms with Crippen molar-refractivity contribution in [1.82, 2.24) is 4.90 Å². The van der Waals surface area contributed by atoms with Crippen LogP contribution >= 0.6 is 11.3 Å². The lowest BCUT2D eigenvalue weighted by Gasteiger charge is -2.25. The summed E-state index contributed by atoms with van der Waals surface area (Å²) in [6, 6.07) is 5.95. The number of primary amides is 1. The van der Waals surface area contributed by atoms with Gasteiger partial charge in [-0.1, -0.05) is 13.0 Å². The first-order valence-electron chi connectivity index (χ1n) is 9.66. The van der Waals surface area contributed by atoms with Crippen molar-refractivity contribution >= 4 is 28.2 Å². The smallest absolute Gasteiger partial charge is 0.256 e. The van der Waals surface area contributed by atoms with E-state index in [4.69, 9.17) is 5.73 Å². The summed E-state index contributed by atoms with van der Waals surface area (Å²) in [5, 5.41) is 3.56. The maximum Gasteiger partial charge on any atom is 0.256 e. The van der Waals surface area contributed by atoms with Gasteiger partial charge < -0.3 is 23.5 Å². The van der Waals surface area contributed by atoms with Crippen molar-refractivity contribution in [1.29, 1.82) is 0 Å². The molecule has 0 saturated heterocycles. The van der Waals surface area contributed by atoms with Gasteiger partial charge in [0.2, 0.25) is 0 Å². The Kier molecular flexibility index (Phi) is 6.43. The number of nitrogens with one attached hydrogen (secondary N) is 1. The van der Waals surface area contributed by atoms with Crippen molar-refractivity contribution in [2.75, 3.05) is 18.4 Å². The van der Waals surface area contributed by atoms with E-state index in [1.54, 1.807) is 0 Å². The van der Waals surface area contributed by atoms with Gasteiger partial charge in [-0.2, -0.15) is 0 Å². The Morgan fingerprint density at radius 3 is 2.64 bits per heavy atom. The van der Waals surface area contributed by atoms with Crippen LogP contribution in [0.5, 0.6) is 0 Å². The molecule has 0 bridgehead atoms. The van der Waals surface area contributed by atoms with Crippen LogP contribution < -0.4 is 23.5 Å². The molecular weight excluding hydrogens is 394 g/mol. The summed E-state index contributed by atoms with van der Waals surface area (Å²) in [6.45, 7) is 4.83. The number of benzene rings is 1. The van der Waals surface area contributed by atoms with Crippen LogP contribution in [-0.4, -0.2) is 29.8 Å². The molecule has 0 radical (unpaired) electrons. The molecule has 7 heteroatoms. The van der Waals surface area contributed by atoms with E-state index in [0.29, 0.717) is 16.1 Å². The predicted octanol–water partition coefficient (Wildman–Crippen LogP) is 0.360. The van der Waals surface area contributed by atoms with Gasteiger partial charge in [0.25, 0.3) is 11.8 Å². The summed E-state index contributed by atoms with van der Waals surface area (Å²) in [5.74, 6) is -0.630. The number of amides is 2. The third kappa shape index (κ3) is 3.95. The Balaban J connectivity index is 0.00000225. The number of fused-ring (bicyclic) bond motifs is 2. The molecule has 28 heavy (non-hydrogen) atoms. The minimum absolute atomic E-state index is 0. The van der Waals surface area contributed by atoms with Crippen LogP contribution in [0, 0.1) is 0 Å². The first-order valence-corrected chi connectivity index (χ1v) is 10.5. The lowest BCUT2D eigenvalue weighted by Crippen LogP contribution is -3.00. The Morgan fingerprint density at radius 1 is 1.18 bits per heavy atom. The van der Waals surface area contributed by atoms with Crippen LogP contribution in [0.2, 0.25) is 0 Å². The van der Waals surface area contributed by atoms with Gasteiger partial charge >= 0.3 is 0 Å². The van der Waals surface area contributed by atoms with Crippen LogP contribution in [0.4, 0.5) is 5.00 Å². The monoisotopic (exact) mass is 418 g/mol. The van der Waals surface area contributed by atoms with Gasteiger partial charge in [0.1, 0.15) is 5.00 Å². The molecule has 2 aliphatic rings. The average Bonchev–Trinajstić information content (AvgIpc) is 3.04. The zero-order valence-electron chi connectivity index (χ0n) is 16.0. The molecule has 150 valence electrons. The summed E-state index contributed by atoms with van der Waals surface area (Å²) >= 11 is 1.49. The SMILES string of the molecule is CCN1CCc2c(sc(NC(=O)c3ccc4c(c3)CCCC4)c2C(N)=O)C1.[Cl-]. The quantitative estimate of drug-likeness (QED) is 0.752. The molecule has 0 spiro atoms. The van der Waals surface area contributed by atoms with Crippen molar-refractivity contribution < 1.29 is 22.0 Å². The summed E-state index contributed by atoms with van der Waals surface area (Å²) in [6.07, 6.45) is 5.32. The Labute approximate surface area is 175 Å². The molecule has 1 aromatic carbocycles. The van der Waals surface area contributed by atoms with Gasteiger partial charge in [-0.05, 0) is 67.5 Å². The second-order valence-corrected chi connectivity index (χ2v) is 8.44. The molecule has 0 unspecified atom stereocenters. The number of hydrogen-bond donors (Lipinski definition) is 2. The van der Waals surface area contributed by atoms with E-state index in [9.17, 15) is 9.59 Å². The summed E-state index contributed by atoms with van der Waals surface area (Å²) in [4.78, 5) is 28.4. The van der Waals surface area contributed by atoms with Crippen molar-refractivity contribution in [3.05, 3.63) is 50.9 Å². The standard InChI is InChI=1S/C21H25N3O2S.ClH/c1-2-24-10-9-16-17(12-24)27-21(18(16)19(22)25)23-20(26)15-8-7-13-5-3-4-6-14(13)11-15;/h7-8,11H,2-6,9-10,12H2,1H3,(H2,22,25)(H,23,26);1H/p-1. The van der Waals surface area contributed by atoms with Crippen molar-refractivity contribution in [3.63, 3.8) is 0 Å². The lowest BCUT2D eigenvalue weighted by molar-refractivity contribution is -0.0000213. The van der Waals surface area contributed by atoms with Gasteiger partial charge in [-0.25, -0.2) is 0 Å². The van der Waals surface area contributed by atoms with Crippen LogP contribution in [0.25, 0.3) is 0 Å². The first kappa shape index (κ1) is 20.8. The molecule has 1 aliphatic heterocycles. The highest BCUT2D eigenvalue weighted by atomic mass is 35.5. The second kappa shape index (κ2) is 8.64. The molecule has 4 rings (SSSR count). The molecule has 1 aliphatic carbocycles. The number of thiophene rings is 1. The molecule has 2 amide bonds. The summed E-state index contributed by atoms with van der Waals surface area (Å²) in [5.41, 5.74) is 10.4. The maximum absolute atomic E-state index is 12.8. The Morgan fingerprint density at radius 2 is 1.93 bits per heavy atom. The molecule has 2 aromatic rings. The zero-order valence-corrected chi connectivity index (χ0v) is 17.6. The third-order valence-electron chi connectivity index (χ3n) is 5.67. The molecule has 5 nitrogen and oxygen atoms in total. The Bertz CT molecular complexity index is 909. The van der Waals surface area contributed by atoms with E-state index in [0.717, 1.165) is 49.3 Å². The van der Waals surface area contributed by atoms with Gasteiger partial charge in [0.05, 0.1) is 5.56 Å². The van der Waals surface area contributed by atoms with E-state index in [2.05, 4.69) is 23.2 Å². The zero-order chi connectivity index (χ0) is 19.0. The number of carbonyl (C=O) groups excluding carboxylic acids is 2. The molecule has 1 aromatic heterocycles. The first-order chi connectivity index (χ1) is 13.1. The minimum Gasteiger partial charge on any atom is -1.00 e. The van der Waals surface area contributed by atoms with Crippen LogP contribution in [0.1, 0.15) is 62.0 Å². The number of anilines is 1. The highest BCUT2D eigenvalue weighted by molar-refractivity contribution is 7.17. The van der Waals surface area contributed by atoms with Crippen molar-refractivity contribution in [2.24, 2.45) is 5.73 Å². The number of rotatable bonds is 4. The summed E-state index contributed by atoms with van der Waals surface area (Å²) in [7, 11) is 0. The molecular formula is C21H25ClN3O2S-. The topological polar surface area (TPSA) is 75.4 Å². The number of halogens is 1. The van der Waals surface area contributed by atoms with E-state index in [1.165, 1.54) is 35.3 Å². The fourth-order valence-corrected chi connectivity index (χ4v) is 5.42. The largest absolute Gasteiger partial charge is 1.00 e. The van der Waals surface area contributed by atoms with Gasteiger partial charge in [0.15, 0.2) is 0 Å². The number of likely N-dealkylation sites (N-methyl/N-ethyl adjacent to an activating group) is 1. The number of aryl methyl sites for hydroxylation is 2. The predicted molar refractivity (Wildman–Crippen MR) is 109 cm³/mol. The normalized spacial score (nSPS) is 15.9. The van der Waals surface area contributed by atoms with E-state index >= 15 is 0 Å². The minimum atomic E-state index is -0.460. The highest BCUT2D eigenvalue weighted by Crippen LogP contribution is 2.37. The Hall–Kier alpha value is -1.89. The molecule has 0 atom stereocenters. The van der Waals surface area contributed by atoms with Crippen molar-refractivity contribution in [3.8, 4) is 0 Å². The fourth-order valence-electron chi connectivity index (χ4n) is 4.12. The van der Waals surface area contributed by atoms with E-state index in [1.807, 2.05) is 12.1 Å². The molecule has 3 N–H and O–H groups in total.